The molecule has 0 unspecified atom stereocenters. The van der Waals surface area contributed by atoms with Gasteiger partial charge in [-0.05, 0) is 23.5 Å². The van der Waals surface area contributed by atoms with Gasteiger partial charge in [-0.3, -0.25) is 0 Å². The van der Waals surface area contributed by atoms with E-state index >= 15 is 0 Å². The van der Waals surface area contributed by atoms with Crippen LogP contribution in [0.2, 0.25) is 16.6 Å². The Bertz CT molecular complexity index is 185. The maximum absolute atomic E-state index is 4.00. The van der Waals surface area contributed by atoms with Crippen LogP contribution in [0.4, 0.5) is 0 Å². The van der Waals surface area contributed by atoms with E-state index in [4.69, 9.17) is 0 Å². The van der Waals surface area contributed by atoms with Gasteiger partial charge in [0.1, 0.15) is 8.24 Å². The molecule has 0 radical (unpaired) electrons. The van der Waals surface area contributed by atoms with Crippen molar-refractivity contribution in [2.24, 2.45) is 0 Å². The molecule has 0 bridgehead atoms. The highest BCUT2D eigenvalue weighted by Crippen LogP contribution is 2.38. The summed E-state index contributed by atoms with van der Waals surface area (Å²) in [5.41, 5.74) is 3.57. The van der Waals surface area contributed by atoms with Crippen molar-refractivity contribution in [3.8, 4) is 0 Å². The largest absolute Gasteiger partial charge is 0.333 e. The first-order valence-corrected chi connectivity index (χ1v) is 8.37. The van der Waals surface area contributed by atoms with Crippen LogP contribution in [0.5, 0.6) is 0 Å². The molecular formula is C13H29NSi. The SMILES string of the molecule is C=C(C)CN[Si](C(C)C)(C(C)C)C(C)C. The van der Waals surface area contributed by atoms with Gasteiger partial charge < -0.3 is 4.98 Å². The highest BCUT2D eigenvalue weighted by molar-refractivity contribution is 6.81. The minimum atomic E-state index is -1.40. The maximum Gasteiger partial charge on any atom is 0.133 e. The van der Waals surface area contributed by atoms with Gasteiger partial charge >= 0.3 is 0 Å². The summed E-state index contributed by atoms with van der Waals surface area (Å²) in [6.45, 7) is 21.3. The van der Waals surface area contributed by atoms with Crippen LogP contribution >= 0.6 is 0 Å². The van der Waals surface area contributed by atoms with Crippen LogP contribution in [0, 0.1) is 0 Å². The fourth-order valence-corrected chi connectivity index (χ4v) is 8.75. The molecule has 0 aliphatic carbocycles. The Labute approximate surface area is 97.4 Å². The van der Waals surface area contributed by atoms with Crippen LogP contribution in [-0.4, -0.2) is 14.8 Å². The Morgan fingerprint density at radius 2 is 1.33 bits per heavy atom. The number of hydrogen-bond acceptors (Lipinski definition) is 1. The van der Waals surface area contributed by atoms with Crippen molar-refractivity contribution in [2.45, 2.75) is 65.1 Å². The smallest absolute Gasteiger partial charge is 0.133 e. The molecule has 90 valence electrons. The third kappa shape index (κ3) is 3.46. The molecule has 15 heavy (non-hydrogen) atoms. The van der Waals surface area contributed by atoms with Crippen LogP contribution in [0.3, 0.4) is 0 Å². The third-order valence-corrected chi connectivity index (χ3v) is 10.1. The summed E-state index contributed by atoms with van der Waals surface area (Å²) in [5, 5.41) is 0. The molecule has 1 nitrogen and oxygen atoms in total. The van der Waals surface area contributed by atoms with Crippen molar-refractivity contribution in [1.82, 2.24) is 4.98 Å². The van der Waals surface area contributed by atoms with Gasteiger partial charge in [-0.25, -0.2) is 0 Å². The standard InChI is InChI=1S/C13H29NSi/c1-10(2)9-14-15(11(3)4,12(5)6)13(7)8/h11-14H,1,9H2,2-8H3. The van der Waals surface area contributed by atoms with Gasteiger partial charge in [0, 0.05) is 6.54 Å². The zero-order valence-electron chi connectivity index (χ0n) is 11.6. The average molecular weight is 227 g/mol. The van der Waals surface area contributed by atoms with Gasteiger partial charge in [-0.2, -0.15) is 0 Å². The van der Waals surface area contributed by atoms with E-state index in [1.165, 1.54) is 5.57 Å². The fourth-order valence-electron chi connectivity index (χ4n) is 2.92. The molecule has 0 spiro atoms. The van der Waals surface area contributed by atoms with E-state index in [-0.39, 0.29) is 0 Å². The van der Waals surface area contributed by atoms with Crippen LogP contribution < -0.4 is 4.98 Å². The van der Waals surface area contributed by atoms with Gasteiger partial charge in [0.15, 0.2) is 0 Å². The molecule has 1 N–H and O–H groups in total. The first kappa shape index (κ1) is 14.9. The maximum atomic E-state index is 4.00. The Hall–Kier alpha value is -0.0831. The van der Waals surface area contributed by atoms with E-state index in [9.17, 15) is 0 Å². The lowest BCUT2D eigenvalue weighted by Gasteiger charge is -2.43. The average Bonchev–Trinajstić information content (AvgIpc) is 2.02. The second kappa shape index (κ2) is 5.85. The van der Waals surface area contributed by atoms with Crippen molar-refractivity contribution >= 4 is 8.24 Å². The van der Waals surface area contributed by atoms with Crippen LogP contribution in [0.1, 0.15) is 48.5 Å². The lowest BCUT2D eigenvalue weighted by Crippen LogP contribution is -2.58. The summed E-state index contributed by atoms with van der Waals surface area (Å²) < 4.78 is 0. The van der Waals surface area contributed by atoms with E-state index in [1.807, 2.05) is 0 Å². The van der Waals surface area contributed by atoms with Crippen LogP contribution in [-0.2, 0) is 0 Å². The van der Waals surface area contributed by atoms with E-state index in [1.54, 1.807) is 0 Å². The van der Waals surface area contributed by atoms with Gasteiger partial charge in [0.2, 0.25) is 0 Å². The number of nitrogens with one attached hydrogen (secondary N) is 1. The summed E-state index contributed by atoms with van der Waals surface area (Å²) >= 11 is 0. The van der Waals surface area contributed by atoms with E-state index < -0.39 is 8.24 Å². The summed E-state index contributed by atoms with van der Waals surface area (Å²) in [7, 11) is -1.40. The fraction of sp³-hybridized carbons (Fsp3) is 0.846. The second-order valence-electron chi connectivity index (χ2n) is 5.71. The molecule has 0 heterocycles. The monoisotopic (exact) mass is 227 g/mol. The minimum Gasteiger partial charge on any atom is -0.333 e. The highest BCUT2D eigenvalue weighted by atomic mass is 28.3. The van der Waals surface area contributed by atoms with E-state index in [0.717, 1.165) is 23.2 Å². The molecule has 0 aromatic heterocycles. The molecule has 0 fully saturated rings. The first-order valence-electron chi connectivity index (χ1n) is 6.14. The van der Waals surface area contributed by atoms with Crippen molar-refractivity contribution in [1.29, 1.82) is 0 Å². The molecule has 0 aromatic rings. The number of rotatable bonds is 6. The predicted octanol–water partition coefficient (Wildman–Crippen LogP) is 4.33. The van der Waals surface area contributed by atoms with E-state index in [2.05, 4.69) is 60.0 Å². The first-order chi connectivity index (χ1) is 6.75. The summed E-state index contributed by atoms with van der Waals surface area (Å²) in [6, 6.07) is 0. The quantitative estimate of drug-likeness (QED) is 0.526. The summed E-state index contributed by atoms with van der Waals surface area (Å²) in [6.07, 6.45) is 0. The van der Waals surface area contributed by atoms with Gasteiger partial charge in [0.25, 0.3) is 0 Å². The lowest BCUT2D eigenvalue weighted by molar-refractivity contribution is 0.746. The molecular weight excluding hydrogens is 198 g/mol. The highest BCUT2D eigenvalue weighted by Gasteiger charge is 2.42. The van der Waals surface area contributed by atoms with Gasteiger partial charge in [-0.1, -0.05) is 53.7 Å². The number of hydrogen-bond donors (Lipinski definition) is 1. The Balaban J connectivity index is 4.88. The van der Waals surface area contributed by atoms with E-state index in [0.29, 0.717) is 0 Å². The second-order valence-corrected chi connectivity index (χ2v) is 11.4. The molecule has 0 atom stereocenters. The Kier molecular flexibility index (Phi) is 5.82. The molecule has 0 saturated carbocycles. The van der Waals surface area contributed by atoms with Gasteiger partial charge in [-0.15, -0.1) is 0 Å². The molecule has 0 rings (SSSR count). The minimum absolute atomic E-state index is 0.775. The summed E-state index contributed by atoms with van der Waals surface area (Å²) in [4.78, 5) is 3.87. The van der Waals surface area contributed by atoms with Crippen molar-refractivity contribution in [2.75, 3.05) is 6.54 Å². The topological polar surface area (TPSA) is 12.0 Å². The van der Waals surface area contributed by atoms with Crippen molar-refractivity contribution in [3.05, 3.63) is 12.2 Å². The van der Waals surface area contributed by atoms with Crippen molar-refractivity contribution in [3.63, 3.8) is 0 Å². The third-order valence-electron chi connectivity index (χ3n) is 3.56. The predicted molar refractivity (Wildman–Crippen MR) is 73.9 cm³/mol. The zero-order chi connectivity index (χ0) is 12.2. The molecule has 0 amide bonds. The van der Waals surface area contributed by atoms with Gasteiger partial charge in [0.05, 0.1) is 0 Å². The molecule has 0 aliphatic rings. The van der Waals surface area contributed by atoms with Crippen molar-refractivity contribution < 1.29 is 0 Å². The van der Waals surface area contributed by atoms with Crippen LogP contribution in [0.15, 0.2) is 12.2 Å². The molecule has 2 heteroatoms. The molecule has 0 aliphatic heterocycles. The normalized spacial score (nSPS) is 12.9. The Morgan fingerprint density at radius 3 is 1.53 bits per heavy atom. The lowest BCUT2D eigenvalue weighted by atomic mass is 10.4. The Morgan fingerprint density at radius 1 is 1.00 bits per heavy atom. The van der Waals surface area contributed by atoms with Crippen LogP contribution in [0.25, 0.3) is 0 Å². The zero-order valence-corrected chi connectivity index (χ0v) is 12.6. The molecule has 0 aromatic carbocycles. The summed E-state index contributed by atoms with van der Waals surface area (Å²) in [5.74, 6) is 0. The molecule has 0 saturated heterocycles.